The van der Waals surface area contributed by atoms with Gasteiger partial charge >= 0.3 is 6.18 Å². The number of hydrogen-bond donors (Lipinski definition) is 1. The summed E-state index contributed by atoms with van der Waals surface area (Å²) in [7, 11) is -3.97. The van der Waals surface area contributed by atoms with Gasteiger partial charge in [-0.05, 0) is 62.1 Å². The van der Waals surface area contributed by atoms with Crippen molar-refractivity contribution >= 4 is 27.3 Å². The Morgan fingerprint density at radius 2 is 1.83 bits per heavy atom. The van der Waals surface area contributed by atoms with Crippen LogP contribution in [-0.2, 0) is 16.0 Å². The van der Waals surface area contributed by atoms with E-state index in [0.29, 0.717) is 18.9 Å². The fraction of sp³-hybridized carbons (Fsp3) is 0.350. The number of nitrogens with one attached hydrogen (secondary N) is 1. The molecule has 1 aliphatic rings. The van der Waals surface area contributed by atoms with Crippen molar-refractivity contribution in [2.45, 2.75) is 42.1 Å². The van der Waals surface area contributed by atoms with Gasteiger partial charge in [0.1, 0.15) is 5.82 Å². The number of sulfone groups is 1. The third kappa shape index (κ3) is 4.62. The third-order valence-corrected chi connectivity index (χ3v) is 7.90. The molecule has 0 bridgehead atoms. The fourth-order valence-corrected chi connectivity index (χ4v) is 5.28. The summed E-state index contributed by atoms with van der Waals surface area (Å²) in [4.78, 5) is 11.8. The molecule has 1 unspecified atom stereocenters. The Labute approximate surface area is 176 Å². The highest BCUT2D eigenvalue weighted by Gasteiger charge is 2.41. The quantitative estimate of drug-likeness (QED) is 0.643. The molecule has 1 N–H and O–H groups in total. The Morgan fingerprint density at radius 3 is 2.43 bits per heavy atom. The molecule has 1 saturated carbocycles. The molecule has 30 heavy (non-hydrogen) atoms. The summed E-state index contributed by atoms with van der Waals surface area (Å²) in [6.07, 6.45) is -3.91. The molecule has 0 spiro atoms. The predicted molar refractivity (Wildman–Crippen MR) is 103 cm³/mol. The molecule has 162 valence electrons. The van der Waals surface area contributed by atoms with E-state index in [-0.39, 0.29) is 27.4 Å². The van der Waals surface area contributed by atoms with E-state index in [1.807, 2.05) is 0 Å². The highest BCUT2D eigenvalue weighted by molar-refractivity contribution is 7.92. The number of amides is 1. The monoisotopic (exact) mass is 463 g/mol. The Morgan fingerprint density at radius 1 is 1.17 bits per heavy atom. The van der Waals surface area contributed by atoms with Crippen LogP contribution in [0.1, 0.15) is 35.7 Å². The third-order valence-electron chi connectivity index (χ3n) is 5.33. The van der Waals surface area contributed by atoms with Crippen molar-refractivity contribution in [3.8, 4) is 0 Å². The molecular weight excluding hydrogens is 446 g/mol. The van der Waals surface area contributed by atoms with Crippen LogP contribution in [0, 0.1) is 11.7 Å². The van der Waals surface area contributed by atoms with Crippen LogP contribution in [0.5, 0.6) is 0 Å². The van der Waals surface area contributed by atoms with Gasteiger partial charge in [0, 0.05) is 11.6 Å². The number of carbonyl (C=O) groups is 1. The Kier molecular flexibility index (Phi) is 6.15. The maximum Gasteiger partial charge on any atom is 0.416 e. The van der Waals surface area contributed by atoms with Crippen molar-refractivity contribution in [1.82, 2.24) is 5.32 Å². The Bertz CT molecular complexity index is 1070. The van der Waals surface area contributed by atoms with Crippen LogP contribution in [0.25, 0.3) is 0 Å². The van der Waals surface area contributed by atoms with E-state index in [9.17, 15) is 30.8 Å². The first-order valence-corrected chi connectivity index (χ1v) is 11.0. The highest BCUT2D eigenvalue weighted by atomic mass is 35.5. The van der Waals surface area contributed by atoms with E-state index in [4.69, 9.17) is 11.6 Å². The van der Waals surface area contributed by atoms with Crippen LogP contribution in [0.15, 0.2) is 47.4 Å². The highest BCUT2D eigenvalue weighted by Crippen LogP contribution is 2.37. The molecular formula is C20H18ClF4NO3S. The largest absolute Gasteiger partial charge is 0.416 e. The minimum atomic E-state index is -4.64. The minimum absolute atomic E-state index is 0.175. The van der Waals surface area contributed by atoms with Crippen LogP contribution >= 0.6 is 11.6 Å². The number of rotatable bonds is 5. The normalized spacial score (nSPS) is 20.3. The molecule has 1 aliphatic carbocycles. The first-order valence-electron chi connectivity index (χ1n) is 9.06. The van der Waals surface area contributed by atoms with Crippen LogP contribution in [0.4, 0.5) is 17.6 Å². The number of benzene rings is 2. The van der Waals surface area contributed by atoms with E-state index in [2.05, 4.69) is 5.32 Å². The first-order chi connectivity index (χ1) is 13.9. The maximum atomic E-state index is 13.2. The van der Waals surface area contributed by atoms with Gasteiger partial charge in [-0.15, -0.1) is 0 Å². The van der Waals surface area contributed by atoms with Crippen molar-refractivity contribution in [3.63, 3.8) is 0 Å². The van der Waals surface area contributed by atoms with Gasteiger partial charge in [0.15, 0.2) is 9.84 Å². The molecule has 0 aromatic heterocycles. The van der Waals surface area contributed by atoms with Crippen LogP contribution in [-0.4, -0.2) is 25.6 Å². The van der Waals surface area contributed by atoms with Gasteiger partial charge in [-0.2, -0.15) is 13.2 Å². The molecule has 4 nitrogen and oxygen atoms in total. The summed E-state index contributed by atoms with van der Waals surface area (Å²) in [5.74, 6) is -1.43. The van der Waals surface area contributed by atoms with E-state index >= 15 is 0 Å². The molecule has 10 heteroatoms. The Balaban J connectivity index is 1.63. The molecule has 0 radical (unpaired) electrons. The van der Waals surface area contributed by atoms with Crippen LogP contribution in [0.2, 0.25) is 5.02 Å². The van der Waals surface area contributed by atoms with E-state index < -0.39 is 38.6 Å². The van der Waals surface area contributed by atoms with E-state index in [1.165, 1.54) is 19.1 Å². The van der Waals surface area contributed by atoms with E-state index in [0.717, 1.165) is 24.3 Å². The predicted octanol–water partition coefficient (Wildman–Crippen LogP) is 4.87. The fourth-order valence-electron chi connectivity index (χ4n) is 3.39. The minimum Gasteiger partial charge on any atom is -0.349 e. The summed E-state index contributed by atoms with van der Waals surface area (Å²) in [6.45, 7) is 1.46. The summed E-state index contributed by atoms with van der Waals surface area (Å²) < 4.78 is 77.4. The number of halogens is 5. The molecule has 1 fully saturated rings. The van der Waals surface area contributed by atoms with Crippen molar-refractivity contribution in [1.29, 1.82) is 0 Å². The SMILES string of the molecule is CC([C@H]1C[C@H](NC(=O)c2ccc(F)c(Cl)c2)C1)S(=O)(=O)c1cccc(C(F)(F)F)c1. The molecule has 2 aromatic carbocycles. The van der Waals surface area contributed by atoms with Gasteiger partial charge in [0.2, 0.25) is 0 Å². The maximum absolute atomic E-state index is 13.2. The second-order valence-corrected chi connectivity index (χ2v) is 10.0. The zero-order valence-corrected chi connectivity index (χ0v) is 17.3. The zero-order valence-electron chi connectivity index (χ0n) is 15.7. The summed E-state index contributed by atoms with van der Waals surface area (Å²) in [5, 5.41) is 1.63. The molecule has 0 heterocycles. The lowest BCUT2D eigenvalue weighted by molar-refractivity contribution is -0.137. The van der Waals surface area contributed by atoms with Crippen molar-refractivity contribution < 1.29 is 30.8 Å². The Hall–Kier alpha value is -2.13. The summed E-state index contributed by atoms with van der Waals surface area (Å²) in [6, 6.07) is 6.95. The molecule has 1 atom stereocenters. The lowest BCUT2D eigenvalue weighted by Crippen LogP contribution is -2.48. The van der Waals surface area contributed by atoms with Gasteiger partial charge in [0.25, 0.3) is 5.91 Å². The summed E-state index contributed by atoms with van der Waals surface area (Å²) >= 11 is 5.66. The van der Waals surface area contributed by atoms with Gasteiger partial charge in [-0.3, -0.25) is 4.79 Å². The molecule has 2 aromatic rings. The topological polar surface area (TPSA) is 63.2 Å². The van der Waals surface area contributed by atoms with Gasteiger partial charge in [0.05, 0.1) is 20.7 Å². The average Bonchev–Trinajstić information content (AvgIpc) is 2.65. The van der Waals surface area contributed by atoms with Gasteiger partial charge < -0.3 is 5.32 Å². The molecule has 0 saturated heterocycles. The average molecular weight is 464 g/mol. The van der Waals surface area contributed by atoms with Crippen LogP contribution < -0.4 is 5.32 Å². The van der Waals surface area contributed by atoms with E-state index in [1.54, 1.807) is 0 Å². The first kappa shape index (κ1) is 22.6. The molecule has 3 rings (SSSR count). The smallest absolute Gasteiger partial charge is 0.349 e. The van der Waals surface area contributed by atoms with Crippen LogP contribution in [0.3, 0.4) is 0 Å². The van der Waals surface area contributed by atoms with Gasteiger partial charge in [-0.25, -0.2) is 12.8 Å². The van der Waals surface area contributed by atoms with Crippen molar-refractivity contribution in [2.24, 2.45) is 5.92 Å². The number of alkyl halides is 3. The number of carbonyl (C=O) groups excluding carboxylic acids is 1. The second kappa shape index (κ2) is 8.19. The molecule has 1 amide bonds. The van der Waals surface area contributed by atoms with Crippen molar-refractivity contribution in [3.05, 3.63) is 64.4 Å². The molecule has 0 aliphatic heterocycles. The second-order valence-electron chi connectivity index (χ2n) is 7.31. The standard InChI is InChI=1S/C20H18ClF4NO3S/c1-11(30(28,29)16-4-2-3-14(10-16)20(23,24)25)13-7-15(8-13)26-19(27)12-5-6-18(22)17(21)9-12/h2-6,9-11,13,15H,7-8H2,1H3,(H,26,27)/t11?,13-,15-. The lowest BCUT2D eigenvalue weighted by atomic mass is 9.78. The van der Waals surface area contributed by atoms with Gasteiger partial charge in [-0.1, -0.05) is 17.7 Å². The summed E-state index contributed by atoms with van der Waals surface area (Å²) in [5.41, 5.74) is -0.845. The zero-order chi connectivity index (χ0) is 22.3. The number of hydrogen-bond acceptors (Lipinski definition) is 3. The lowest BCUT2D eigenvalue weighted by Gasteiger charge is -2.39. The van der Waals surface area contributed by atoms with Crippen molar-refractivity contribution in [2.75, 3.05) is 0 Å².